The van der Waals surface area contributed by atoms with Crippen LogP contribution in [0.4, 0.5) is 5.13 Å². The Hall–Kier alpha value is -2.78. The van der Waals surface area contributed by atoms with Crippen LogP contribution in [0.25, 0.3) is 16.7 Å². The summed E-state index contributed by atoms with van der Waals surface area (Å²) < 4.78 is 1.55. The van der Waals surface area contributed by atoms with Crippen molar-refractivity contribution < 1.29 is 0 Å². The predicted molar refractivity (Wildman–Crippen MR) is 101 cm³/mol. The number of anilines is 1. The summed E-state index contributed by atoms with van der Waals surface area (Å²) in [7, 11) is 0. The standard InChI is InChI=1S/C16H14ClN7OS/c1-8(12-6-10-5-11(17)3-4-13(10)19-15(12)25)18-16-20-14(7-26-16)24-9(2)21-22-23-24/h3-8H,1-2H3,(H,18,20)(H,19,25)/t8-/m1/s1. The molecule has 3 heterocycles. The second-order valence-electron chi connectivity index (χ2n) is 5.80. The zero-order valence-electron chi connectivity index (χ0n) is 13.9. The first-order valence-electron chi connectivity index (χ1n) is 7.81. The minimum atomic E-state index is -0.240. The number of rotatable bonds is 4. The zero-order valence-corrected chi connectivity index (χ0v) is 15.5. The van der Waals surface area contributed by atoms with Gasteiger partial charge in [0.05, 0.1) is 6.04 Å². The Kier molecular flexibility index (Phi) is 4.17. The maximum atomic E-state index is 12.4. The van der Waals surface area contributed by atoms with Crippen LogP contribution in [-0.4, -0.2) is 30.2 Å². The molecule has 0 fully saturated rings. The Morgan fingerprint density at radius 1 is 1.35 bits per heavy atom. The molecular weight excluding hydrogens is 374 g/mol. The summed E-state index contributed by atoms with van der Waals surface area (Å²) in [5.74, 6) is 1.28. The number of thiazole rings is 1. The largest absolute Gasteiger partial charge is 0.355 e. The first-order valence-corrected chi connectivity index (χ1v) is 9.07. The number of H-pyrrole nitrogens is 1. The van der Waals surface area contributed by atoms with E-state index in [1.807, 2.05) is 24.4 Å². The van der Waals surface area contributed by atoms with E-state index < -0.39 is 0 Å². The number of fused-ring (bicyclic) bond motifs is 1. The van der Waals surface area contributed by atoms with Gasteiger partial charge in [-0.1, -0.05) is 11.6 Å². The van der Waals surface area contributed by atoms with Crippen molar-refractivity contribution in [2.45, 2.75) is 19.9 Å². The molecule has 0 aliphatic carbocycles. The first kappa shape index (κ1) is 16.7. The number of nitrogens with zero attached hydrogens (tertiary/aromatic N) is 5. The van der Waals surface area contributed by atoms with Crippen molar-refractivity contribution in [2.75, 3.05) is 5.32 Å². The highest BCUT2D eigenvalue weighted by atomic mass is 35.5. The van der Waals surface area contributed by atoms with Crippen LogP contribution in [-0.2, 0) is 0 Å². The van der Waals surface area contributed by atoms with Crippen LogP contribution in [0, 0.1) is 6.92 Å². The van der Waals surface area contributed by atoms with Gasteiger partial charge in [-0.05, 0) is 48.5 Å². The molecule has 0 aliphatic heterocycles. The summed E-state index contributed by atoms with van der Waals surface area (Å²) >= 11 is 7.47. The lowest BCUT2D eigenvalue weighted by molar-refractivity contribution is 0.763. The third-order valence-corrected chi connectivity index (χ3v) is 4.97. The normalized spacial score (nSPS) is 12.4. The number of tetrazole rings is 1. The number of aromatic amines is 1. The fourth-order valence-electron chi connectivity index (χ4n) is 2.65. The third kappa shape index (κ3) is 3.06. The Morgan fingerprint density at radius 3 is 2.96 bits per heavy atom. The maximum absolute atomic E-state index is 12.4. The van der Waals surface area contributed by atoms with E-state index in [2.05, 4.69) is 30.8 Å². The Morgan fingerprint density at radius 2 is 2.19 bits per heavy atom. The highest BCUT2D eigenvalue weighted by Crippen LogP contribution is 2.24. The average Bonchev–Trinajstić information content (AvgIpc) is 3.23. The van der Waals surface area contributed by atoms with Gasteiger partial charge in [0.15, 0.2) is 16.8 Å². The van der Waals surface area contributed by atoms with Crippen molar-refractivity contribution in [3.63, 3.8) is 0 Å². The fourth-order valence-corrected chi connectivity index (χ4v) is 3.59. The summed E-state index contributed by atoms with van der Waals surface area (Å²) in [5.41, 5.74) is 1.21. The van der Waals surface area contributed by atoms with E-state index in [1.54, 1.807) is 23.7 Å². The van der Waals surface area contributed by atoms with E-state index >= 15 is 0 Å². The SMILES string of the molecule is Cc1nnnn1-c1csc(N[C@H](C)c2cc3cc(Cl)ccc3[nH]c2=O)n1. The quantitative estimate of drug-likeness (QED) is 0.558. The summed E-state index contributed by atoms with van der Waals surface area (Å²) in [5, 5.41) is 18.6. The van der Waals surface area contributed by atoms with Gasteiger partial charge in [-0.25, -0.2) is 4.98 Å². The van der Waals surface area contributed by atoms with Crippen molar-refractivity contribution >= 4 is 39.0 Å². The fraction of sp³-hybridized carbons (Fsp3) is 0.188. The molecule has 1 atom stereocenters. The van der Waals surface area contributed by atoms with Gasteiger partial charge in [-0.15, -0.1) is 16.4 Å². The average molecular weight is 388 g/mol. The van der Waals surface area contributed by atoms with Gasteiger partial charge in [0, 0.05) is 26.9 Å². The zero-order chi connectivity index (χ0) is 18.3. The summed E-state index contributed by atoms with van der Waals surface area (Å²) in [4.78, 5) is 19.8. The lowest BCUT2D eigenvalue weighted by atomic mass is 10.1. The minimum absolute atomic E-state index is 0.145. The highest BCUT2D eigenvalue weighted by Gasteiger charge is 2.14. The molecule has 3 aromatic heterocycles. The Balaban J connectivity index is 1.62. The molecule has 0 aliphatic rings. The van der Waals surface area contributed by atoms with Crippen molar-refractivity contribution in [3.8, 4) is 5.82 Å². The van der Waals surface area contributed by atoms with Gasteiger partial charge in [0.25, 0.3) is 5.56 Å². The number of hydrogen-bond acceptors (Lipinski definition) is 7. The van der Waals surface area contributed by atoms with Crippen LogP contribution in [0.3, 0.4) is 0 Å². The Bertz CT molecular complexity index is 1150. The van der Waals surface area contributed by atoms with Gasteiger partial charge in [-0.2, -0.15) is 4.68 Å². The van der Waals surface area contributed by atoms with Crippen molar-refractivity contribution in [3.05, 3.63) is 56.4 Å². The molecule has 2 N–H and O–H groups in total. The molecule has 0 amide bonds. The van der Waals surface area contributed by atoms with E-state index in [1.165, 1.54) is 11.3 Å². The third-order valence-electron chi connectivity index (χ3n) is 3.98. The second-order valence-corrected chi connectivity index (χ2v) is 7.09. The monoisotopic (exact) mass is 387 g/mol. The number of hydrogen-bond donors (Lipinski definition) is 2. The summed E-state index contributed by atoms with van der Waals surface area (Å²) in [6.45, 7) is 3.71. The van der Waals surface area contributed by atoms with Crippen LogP contribution < -0.4 is 10.9 Å². The molecule has 0 bridgehead atoms. The van der Waals surface area contributed by atoms with E-state index in [4.69, 9.17) is 11.6 Å². The van der Waals surface area contributed by atoms with Gasteiger partial charge in [0.2, 0.25) is 0 Å². The molecule has 132 valence electrons. The van der Waals surface area contributed by atoms with E-state index in [9.17, 15) is 4.79 Å². The molecule has 0 saturated carbocycles. The van der Waals surface area contributed by atoms with Crippen molar-refractivity contribution in [2.24, 2.45) is 0 Å². The highest BCUT2D eigenvalue weighted by molar-refractivity contribution is 7.13. The number of aromatic nitrogens is 6. The van der Waals surface area contributed by atoms with Gasteiger partial charge in [-0.3, -0.25) is 4.79 Å². The summed E-state index contributed by atoms with van der Waals surface area (Å²) in [6, 6.07) is 6.97. The lowest BCUT2D eigenvalue weighted by Gasteiger charge is -2.13. The van der Waals surface area contributed by atoms with Crippen LogP contribution in [0.15, 0.2) is 34.4 Å². The molecular formula is C16H14ClN7OS. The molecule has 1 aromatic carbocycles. The molecule has 0 radical (unpaired) electrons. The predicted octanol–water partition coefficient (Wildman–Crippen LogP) is 3.10. The van der Waals surface area contributed by atoms with E-state index in [-0.39, 0.29) is 11.6 Å². The van der Waals surface area contributed by atoms with Crippen LogP contribution in [0.5, 0.6) is 0 Å². The number of benzene rings is 1. The number of nitrogens with one attached hydrogen (secondary N) is 2. The minimum Gasteiger partial charge on any atom is -0.355 e. The smallest absolute Gasteiger partial charge is 0.253 e. The van der Waals surface area contributed by atoms with Crippen molar-refractivity contribution in [1.82, 2.24) is 30.2 Å². The van der Waals surface area contributed by atoms with E-state index in [0.29, 0.717) is 27.4 Å². The van der Waals surface area contributed by atoms with Crippen molar-refractivity contribution in [1.29, 1.82) is 0 Å². The second kappa shape index (κ2) is 6.50. The topological polar surface area (TPSA) is 101 Å². The van der Waals surface area contributed by atoms with Crippen LogP contribution in [0.2, 0.25) is 5.02 Å². The van der Waals surface area contributed by atoms with Crippen LogP contribution >= 0.6 is 22.9 Å². The molecule has 4 aromatic rings. The van der Waals surface area contributed by atoms with E-state index in [0.717, 1.165) is 10.9 Å². The first-order chi connectivity index (χ1) is 12.5. The van der Waals surface area contributed by atoms with Gasteiger partial charge >= 0.3 is 0 Å². The summed E-state index contributed by atoms with van der Waals surface area (Å²) in [6.07, 6.45) is 0. The number of halogens is 1. The molecule has 10 heteroatoms. The molecule has 8 nitrogen and oxygen atoms in total. The van der Waals surface area contributed by atoms with Gasteiger partial charge < -0.3 is 10.3 Å². The Labute approximate surface area is 156 Å². The van der Waals surface area contributed by atoms with Crippen LogP contribution in [0.1, 0.15) is 24.4 Å². The van der Waals surface area contributed by atoms with Gasteiger partial charge in [0.1, 0.15) is 0 Å². The number of pyridine rings is 1. The molecule has 26 heavy (non-hydrogen) atoms. The molecule has 0 unspecified atom stereocenters. The molecule has 0 saturated heterocycles. The number of aryl methyl sites for hydroxylation is 1. The maximum Gasteiger partial charge on any atom is 0.253 e. The molecule has 4 rings (SSSR count). The lowest BCUT2D eigenvalue weighted by Crippen LogP contribution is -2.19. The molecule has 0 spiro atoms.